The first-order valence-electron chi connectivity index (χ1n) is 6.27. The van der Waals surface area contributed by atoms with E-state index >= 15 is 0 Å². The first kappa shape index (κ1) is 15.3. The summed E-state index contributed by atoms with van der Waals surface area (Å²) in [4.78, 5) is 0. The molecule has 0 radical (unpaired) electrons. The molecule has 0 heterocycles. The minimum Gasteiger partial charge on any atom is -0.409 e. The van der Waals surface area contributed by atoms with Gasteiger partial charge in [-0.3, -0.25) is 0 Å². The number of halogens is 2. The molecule has 4 N–H and O–H groups in total. The van der Waals surface area contributed by atoms with Gasteiger partial charge in [-0.25, -0.2) is 4.39 Å². The van der Waals surface area contributed by atoms with E-state index in [1.807, 2.05) is 25.1 Å². The zero-order valence-electron chi connectivity index (χ0n) is 11.4. The van der Waals surface area contributed by atoms with Crippen molar-refractivity contribution in [2.75, 3.05) is 5.32 Å². The van der Waals surface area contributed by atoms with Crippen molar-refractivity contribution in [2.24, 2.45) is 10.9 Å². The number of nitrogens with zero attached hydrogens (tertiary/aromatic N) is 1. The van der Waals surface area contributed by atoms with Crippen molar-refractivity contribution >= 4 is 27.5 Å². The largest absolute Gasteiger partial charge is 0.409 e. The molecule has 21 heavy (non-hydrogen) atoms. The van der Waals surface area contributed by atoms with Crippen molar-refractivity contribution in [2.45, 2.75) is 13.5 Å². The van der Waals surface area contributed by atoms with E-state index in [4.69, 9.17) is 10.9 Å². The number of hydrogen-bond acceptors (Lipinski definition) is 3. The highest BCUT2D eigenvalue weighted by Crippen LogP contribution is 2.24. The van der Waals surface area contributed by atoms with E-state index < -0.39 is 5.82 Å². The van der Waals surface area contributed by atoms with Gasteiger partial charge in [0.25, 0.3) is 0 Å². The summed E-state index contributed by atoms with van der Waals surface area (Å²) in [7, 11) is 0. The van der Waals surface area contributed by atoms with Gasteiger partial charge in [0.1, 0.15) is 5.82 Å². The zero-order chi connectivity index (χ0) is 15.4. The Kier molecular flexibility index (Phi) is 4.80. The van der Waals surface area contributed by atoms with E-state index in [9.17, 15) is 4.39 Å². The zero-order valence-corrected chi connectivity index (χ0v) is 13.0. The second kappa shape index (κ2) is 6.58. The molecule has 4 nitrogen and oxygen atoms in total. The minimum absolute atomic E-state index is 0.116. The molecule has 0 aliphatic heterocycles. The predicted octanol–water partition coefficient (Wildman–Crippen LogP) is 3.60. The predicted molar refractivity (Wildman–Crippen MR) is 85.1 cm³/mol. The van der Waals surface area contributed by atoms with E-state index in [1.165, 1.54) is 12.1 Å². The van der Waals surface area contributed by atoms with Crippen LogP contribution in [0.4, 0.5) is 10.1 Å². The highest BCUT2D eigenvalue weighted by molar-refractivity contribution is 9.10. The third kappa shape index (κ3) is 3.72. The Hall–Kier alpha value is -2.08. The molecule has 0 bridgehead atoms. The highest BCUT2D eigenvalue weighted by Gasteiger charge is 2.06. The minimum atomic E-state index is -0.429. The summed E-state index contributed by atoms with van der Waals surface area (Å²) in [6, 6.07) is 10.1. The van der Waals surface area contributed by atoms with Gasteiger partial charge in [-0.2, -0.15) is 0 Å². The third-order valence-corrected chi connectivity index (χ3v) is 3.97. The van der Waals surface area contributed by atoms with Crippen LogP contribution in [0.1, 0.15) is 16.7 Å². The van der Waals surface area contributed by atoms with Gasteiger partial charge < -0.3 is 16.3 Å². The summed E-state index contributed by atoms with van der Waals surface area (Å²) in [5, 5.41) is 14.8. The maximum Gasteiger partial charge on any atom is 0.170 e. The lowest BCUT2D eigenvalue weighted by Gasteiger charge is -2.11. The Bertz CT molecular complexity index is 689. The molecule has 0 aromatic heterocycles. The van der Waals surface area contributed by atoms with Crippen LogP contribution in [0.3, 0.4) is 0 Å². The number of rotatable bonds is 4. The fraction of sp³-hybridized carbons (Fsp3) is 0.133. The molecule has 6 heteroatoms. The molecule has 0 atom stereocenters. The first-order chi connectivity index (χ1) is 10.0. The number of anilines is 1. The molecular weight excluding hydrogens is 337 g/mol. The van der Waals surface area contributed by atoms with Crippen LogP contribution >= 0.6 is 15.9 Å². The van der Waals surface area contributed by atoms with Crippen LogP contribution in [0.25, 0.3) is 0 Å². The molecule has 0 saturated carbocycles. The average molecular weight is 352 g/mol. The Balaban J connectivity index is 2.20. The normalized spacial score (nSPS) is 11.5. The fourth-order valence-corrected chi connectivity index (χ4v) is 2.32. The molecule has 0 amide bonds. The standard InChI is InChI=1S/C15H15BrFN3O/c1-9-13(16)3-2-4-14(9)19-8-10-5-11(15(18)20-21)7-12(17)6-10/h2-7,19,21H,8H2,1H3,(H2,18,20). The van der Waals surface area contributed by atoms with E-state index in [2.05, 4.69) is 26.4 Å². The molecule has 2 aromatic rings. The van der Waals surface area contributed by atoms with Crippen molar-refractivity contribution in [1.29, 1.82) is 0 Å². The number of nitrogens with two attached hydrogens (primary N) is 1. The Labute approximate surface area is 130 Å². The number of nitrogens with one attached hydrogen (secondary N) is 1. The van der Waals surface area contributed by atoms with Gasteiger partial charge in [0.05, 0.1) is 0 Å². The number of oxime groups is 1. The lowest BCUT2D eigenvalue weighted by Crippen LogP contribution is -2.14. The number of benzene rings is 2. The van der Waals surface area contributed by atoms with Crippen LogP contribution in [0, 0.1) is 12.7 Å². The third-order valence-electron chi connectivity index (χ3n) is 3.11. The van der Waals surface area contributed by atoms with Crippen molar-refractivity contribution < 1.29 is 9.60 Å². The Morgan fingerprint density at radius 2 is 2.14 bits per heavy atom. The van der Waals surface area contributed by atoms with Gasteiger partial charge in [-0.1, -0.05) is 27.2 Å². The van der Waals surface area contributed by atoms with E-state index in [1.54, 1.807) is 6.07 Å². The van der Waals surface area contributed by atoms with E-state index in [0.717, 1.165) is 15.7 Å². The van der Waals surface area contributed by atoms with Gasteiger partial charge >= 0.3 is 0 Å². The summed E-state index contributed by atoms with van der Waals surface area (Å²) in [5.74, 6) is -0.545. The van der Waals surface area contributed by atoms with Crippen molar-refractivity contribution in [3.63, 3.8) is 0 Å². The second-order valence-corrected chi connectivity index (χ2v) is 5.45. The fourth-order valence-electron chi connectivity index (χ4n) is 1.95. The van der Waals surface area contributed by atoms with Crippen LogP contribution in [0.15, 0.2) is 46.0 Å². The van der Waals surface area contributed by atoms with Crippen LogP contribution in [-0.2, 0) is 6.54 Å². The molecule has 0 aliphatic carbocycles. The van der Waals surface area contributed by atoms with Crippen LogP contribution < -0.4 is 11.1 Å². The van der Waals surface area contributed by atoms with Crippen LogP contribution in [0.2, 0.25) is 0 Å². The van der Waals surface area contributed by atoms with Crippen molar-refractivity contribution in [1.82, 2.24) is 0 Å². The molecule has 2 rings (SSSR count). The van der Waals surface area contributed by atoms with Crippen LogP contribution in [-0.4, -0.2) is 11.0 Å². The summed E-state index contributed by atoms with van der Waals surface area (Å²) in [6.07, 6.45) is 0. The molecule has 0 saturated heterocycles. The molecular formula is C15H15BrFN3O. The first-order valence-corrected chi connectivity index (χ1v) is 7.07. The van der Waals surface area contributed by atoms with Crippen molar-refractivity contribution in [3.8, 4) is 0 Å². The maximum atomic E-state index is 13.6. The van der Waals surface area contributed by atoms with E-state index in [0.29, 0.717) is 17.7 Å². The topological polar surface area (TPSA) is 70.6 Å². The van der Waals surface area contributed by atoms with Gasteiger partial charge in [0.15, 0.2) is 5.84 Å². The summed E-state index contributed by atoms with van der Waals surface area (Å²) >= 11 is 3.46. The molecule has 0 fully saturated rings. The lowest BCUT2D eigenvalue weighted by atomic mass is 10.1. The Morgan fingerprint density at radius 3 is 2.86 bits per heavy atom. The smallest absolute Gasteiger partial charge is 0.170 e. The molecule has 0 spiro atoms. The van der Waals surface area contributed by atoms with Crippen molar-refractivity contribution in [3.05, 3.63) is 63.4 Å². The summed E-state index contributed by atoms with van der Waals surface area (Å²) in [5.41, 5.74) is 8.57. The second-order valence-electron chi connectivity index (χ2n) is 4.60. The quantitative estimate of drug-likeness (QED) is 0.341. The summed E-state index contributed by atoms with van der Waals surface area (Å²) in [6.45, 7) is 2.42. The average Bonchev–Trinajstić information content (AvgIpc) is 2.47. The van der Waals surface area contributed by atoms with Crippen LogP contribution in [0.5, 0.6) is 0 Å². The lowest BCUT2D eigenvalue weighted by molar-refractivity contribution is 0.318. The molecule has 0 aliphatic rings. The number of hydrogen-bond donors (Lipinski definition) is 3. The van der Waals surface area contributed by atoms with Gasteiger partial charge in [-0.15, -0.1) is 0 Å². The van der Waals surface area contributed by atoms with Gasteiger partial charge in [-0.05, 0) is 48.4 Å². The van der Waals surface area contributed by atoms with E-state index in [-0.39, 0.29) is 5.84 Å². The summed E-state index contributed by atoms with van der Waals surface area (Å²) < 4.78 is 14.6. The monoisotopic (exact) mass is 351 g/mol. The van der Waals surface area contributed by atoms with Gasteiger partial charge in [0, 0.05) is 22.3 Å². The molecule has 2 aromatic carbocycles. The molecule has 110 valence electrons. The number of amidine groups is 1. The molecule has 0 unspecified atom stereocenters. The Morgan fingerprint density at radius 1 is 1.38 bits per heavy atom. The van der Waals surface area contributed by atoms with Gasteiger partial charge in [0.2, 0.25) is 0 Å². The SMILES string of the molecule is Cc1c(Br)cccc1NCc1cc(F)cc(/C(N)=N/O)c1. The maximum absolute atomic E-state index is 13.6. The highest BCUT2D eigenvalue weighted by atomic mass is 79.9.